The van der Waals surface area contributed by atoms with Crippen molar-refractivity contribution in [2.45, 2.75) is 37.3 Å². The van der Waals surface area contributed by atoms with Gasteiger partial charge in [-0.2, -0.15) is 13.2 Å². The fourth-order valence-corrected chi connectivity index (χ4v) is 4.21. The smallest absolute Gasteiger partial charge is 0.416 e. The third-order valence-corrected chi connectivity index (χ3v) is 5.87. The Bertz CT molecular complexity index is 1060. The standard InChI is InChI=1S/C23H22F3N3O2/c24-23(25,26)20-8-2-1-7-19(20)22(9-4-10-22)12-18(29-30)13-28-17-6-3-5-16(11-17)21-14-27-15-31-21/h1-3,5-8,11,14-15,28,30H,4,9-10,12-13H2/b29-18-. The van der Waals surface area contributed by atoms with Gasteiger partial charge in [0, 0.05) is 23.1 Å². The lowest BCUT2D eigenvalue weighted by atomic mass is 9.60. The first-order chi connectivity index (χ1) is 14.9. The highest BCUT2D eigenvalue weighted by Gasteiger charge is 2.45. The fourth-order valence-electron chi connectivity index (χ4n) is 4.21. The van der Waals surface area contributed by atoms with Crippen molar-refractivity contribution < 1.29 is 22.8 Å². The van der Waals surface area contributed by atoms with Crippen molar-refractivity contribution in [3.05, 3.63) is 72.2 Å². The zero-order valence-corrected chi connectivity index (χ0v) is 16.7. The van der Waals surface area contributed by atoms with Crippen LogP contribution in [0.15, 0.2) is 70.7 Å². The Morgan fingerprint density at radius 3 is 2.61 bits per heavy atom. The first-order valence-corrected chi connectivity index (χ1v) is 10.0. The van der Waals surface area contributed by atoms with E-state index in [0.29, 0.717) is 24.3 Å². The van der Waals surface area contributed by atoms with Crippen molar-refractivity contribution in [3.63, 3.8) is 0 Å². The average molecular weight is 429 g/mol. The van der Waals surface area contributed by atoms with Gasteiger partial charge in [0.25, 0.3) is 0 Å². The summed E-state index contributed by atoms with van der Waals surface area (Å²) in [6.07, 6.45) is 0.888. The second-order valence-electron chi connectivity index (χ2n) is 7.82. The molecule has 4 rings (SSSR count). The summed E-state index contributed by atoms with van der Waals surface area (Å²) in [6, 6.07) is 13.2. The molecule has 1 saturated carbocycles. The molecule has 1 heterocycles. The van der Waals surface area contributed by atoms with Gasteiger partial charge in [-0.15, -0.1) is 0 Å². The molecule has 1 fully saturated rings. The summed E-state index contributed by atoms with van der Waals surface area (Å²) in [5.74, 6) is 0.622. The summed E-state index contributed by atoms with van der Waals surface area (Å²) in [5.41, 5.74) is 1.01. The average Bonchev–Trinajstić information content (AvgIpc) is 3.27. The lowest BCUT2D eigenvalue weighted by Gasteiger charge is -2.44. The number of anilines is 1. The predicted octanol–water partition coefficient (Wildman–Crippen LogP) is 6.11. The molecule has 1 aliphatic rings. The van der Waals surface area contributed by atoms with Gasteiger partial charge in [0.2, 0.25) is 0 Å². The number of benzene rings is 2. The van der Waals surface area contributed by atoms with Crippen LogP contribution in [0.5, 0.6) is 0 Å². The van der Waals surface area contributed by atoms with Gasteiger partial charge in [-0.05, 0) is 36.6 Å². The maximum atomic E-state index is 13.6. The van der Waals surface area contributed by atoms with Crippen LogP contribution in [-0.2, 0) is 11.6 Å². The highest BCUT2D eigenvalue weighted by molar-refractivity contribution is 5.89. The van der Waals surface area contributed by atoms with Gasteiger partial charge in [-0.1, -0.05) is 41.9 Å². The Balaban J connectivity index is 1.50. The van der Waals surface area contributed by atoms with Gasteiger partial charge in [-0.3, -0.25) is 0 Å². The molecule has 0 bridgehead atoms. The van der Waals surface area contributed by atoms with Crippen LogP contribution in [0.2, 0.25) is 0 Å². The van der Waals surface area contributed by atoms with Crippen LogP contribution in [0.25, 0.3) is 11.3 Å². The Morgan fingerprint density at radius 2 is 1.97 bits per heavy atom. The molecular formula is C23H22F3N3O2. The SMILES string of the molecule is O/N=C(\CNc1cccc(-c2cnco2)c1)CC1(c2ccccc2C(F)(F)F)CCC1. The van der Waals surface area contributed by atoms with Crippen LogP contribution < -0.4 is 5.32 Å². The molecule has 1 aliphatic carbocycles. The molecule has 0 amide bonds. The van der Waals surface area contributed by atoms with E-state index in [0.717, 1.165) is 23.7 Å². The molecule has 1 aromatic heterocycles. The predicted molar refractivity (Wildman–Crippen MR) is 111 cm³/mol. The molecule has 3 aromatic rings. The highest BCUT2D eigenvalue weighted by atomic mass is 19.4. The quantitative estimate of drug-likeness (QED) is 0.270. The van der Waals surface area contributed by atoms with E-state index in [-0.39, 0.29) is 18.5 Å². The molecule has 2 N–H and O–H groups in total. The second-order valence-corrected chi connectivity index (χ2v) is 7.82. The summed E-state index contributed by atoms with van der Waals surface area (Å²) >= 11 is 0. The first-order valence-electron chi connectivity index (χ1n) is 10.0. The van der Waals surface area contributed by atoms with Crippen molar-refractivity contribution in [2.24, 2.45) is 5.16 Å². The van der Waals surface area contributed by atoms with E-state index in [9.17, 15) is 18.4 Å². The van der Waals surface area contributed by atoms with Gasteiger partial charge in [-0.25, -0.2) is 4.98 Å². The maximum absolute atomic E-state index is 13.6. The Hall–Kier alpha value is -3.29. The molecule has 0 radical (unpaired) electrons. The molecule has 0 atom stereocenters. The number of hydrogen-bond donors (Lipinski definition) is 2. The minimum atomic E-state index is -4.42. The Kier molecular flexibility index (Phi) is 5.71. The largest absolute Gasteiger partial charge is 0.444 e. The molecule has 31 heavy (non-hydrogen) atoms. The van der Waals surface area contributed by atoms with Crippen LogP contribution in [0.3, 0.4) is 0 Å². The van der Waals surface area contributed by atoms with Crippen LogP contribution in [0, 0.1) is 0 Å². The third-order valence-electron chi connectivity index (χ3n) is 5.87. The van der Waals surface area contributed by atoms with Gasteiger partial charge < -0.3 is 14.9 Å². The van der Waals surface area contributed by atoms with Crippen molar-refractivity contribution >= 4 is 11.4 Å². The topological polar surface area (TPSA) is 70.7 Å². The van der Waals surface area contributed by atoms with E-state index >= 15 is 0 Å². The number of nitrogens with zero attached hydrogens (tertiary/aromatic N) is 2. The van der Waals surface area contributed by atoms with Gasteiger partial charge in [0.1, 0.15) is 0 Å². The number of halogens is 3. The van der Waals surface area contributed by atoms with Crippen LogP contribution in [0.4, 0.5) is 18.9 Å². The monoisotopic (exact) mass is 429 g/mol. The normalized spacial score (nSPS) is 16.0. The van der Waals surface area contributed by atoms with E-state index in [1.807, 2.05) is 24.3 Å². The molecule has 2 aromatic carbocycles. The maximum Gasteiger partial charge on any atom is 0.416 e. The molecule has 162 valence electrons. The summed E-state index contributed by atoms with van der Waals surface area (Å²) in [4.78, 5) is 3.91. The molecule has 5 nitrogen and oxygen atoms in total. The van der Waals surface area contributed by atoms with Crippen molar-refractivity contribution in [3.8, 4) is 11.3 Å². The number of oxime groups is 1. The van der Waals surface area contributed by atoms with Crippen molar-refractivity contribution in [1.29, 1.82) is 0 Å². The van der Waals surface area contributed by atoms with Gasteiger partial charge in [0.15, 0.2) is 12.2 Å². The minimum absolute atomic E-state index is 0.215. The van der Waals surface area contributed by atoms with E-state index in [1.165, 1.54) is 12.5 Å². The van der Waals surface area contributed by atoms with E-state index in [1.54, 1.807) is 18.3 Å². The molecule has 0 spiro atoms. The van der Waals surface area contributed by atoms with Crippen LogP contribution >= 0.6 is 0 Å². The third kappa shape index (κ3) is 4.42. The van der Waals surface area contributed by atoms with E-state index in [4.69, 9.17) is 4.42 Å². The van der Waals surface area contributed by atoms with E-state index < -0.39 is 17.2 Å². The number of oxazole rings is 1. The Labute approximate surface area is 177 Å². The second kappa shape index (κ2) is 8.45. The van der Waals surface area contributed by atoms with Crippen molar-refractivity contribution in [2.75, 3.05) is 11.9 Å². The Morgan fingerprint density at radius 1 is 1.16 bits per heavy atom. The zero-order chi connectivity index (χ0) is 21.9. The van der Waals surface area contributed by atoms with Gasteiger partial charge in [0.05, 0.1) is 24.0 Å². The summed E-state index contributed by atoms with van der Waals surface area (Å²) in [5, 5.41) is 16.2. The molecule has 8 heteroatoms. The number of hydrogen-bond acceptors (Lipinski definition) is 5. The first kappa shape index (κ1) is 21.0. The van der Waals surface area contributed by atoms with E-state index in [2.05, 4.69) is 15.5 Å². The lowest BCUT2D eigenvalue weighted by Crippen LogP contribution is -2.39. The molecule has 0 saturated heterocycles. The number of aromatic nitrogens is 1. The lowest BCUT2D eigenvalue weighted by molar-refractivity contribution is -0.139. The van der Waals surface area contributed by atoms with Gasteiger partial charge >= 0.3 is 6.18 Å². The van der Waals surface area contributed by atoms with Crippen LogP contribution in [0.1, 0.15) is 36.8 Å². The minimum Gasteiger partial charge on any atom is -0.444 e. The van der Waals surface area contributed by atoms with Crippen molar-refractivity contribution in [1.82, 2.24) is 4.98 Å². The number of alkyl halides is 3. The zero-order valence-electron chi connectivity index (χ0n) is 16.7. The molecule has 0 aliphatic heterocycles. The summed E-state index contributed by atoms with van der Waals surface area (Å²) in [6.45, 7) is 0.215. The number of rotatable bonds is 7. The van der Waals surface area contributed by atoms with Crippen LogP contribution in [-0.4, -0.2) is 22.4 Å². The number of nitrogens with one attached hydrogen (secondary N) is 1. The summed E-state index contributed by atoms with van der Waals surface area (Å²) < 4.78 is 46.0. The fraction of sp³-hybridized carbons (Fsp3) is 0.304. The molecule has 0 unspecified atom stereocenters. The summed E-state index contributed by atoms with van der Waals surface area (Å²) in [7, 11) is 0. The highest BCUT2D eigenvalue weighted by Crippen LogP contribution is 2.50. The molecular weight excluding hydrogens is 407 g/mol.